The highest BCUT2D eigenvalue weighted by Crippen LogP contribution is 2.35. The average Bonchev–Trinajstić information content (AvgIpc) is 3.24. The lowest BCUT2D eigenvalue weighted by Gasteiger charge is -2.23. The number of likely N-dealkylation sites (tertiary alicyclic amines) is 1. The highest BCUT2D eigenvalue weighted by Gasteiger charge is 2.38. The first-order chi connectivity index (χ1) is 11.4. The first-order valence-corrected chi connectivity index (χ1v) is 8.98. The van der Waals surface area contributed by atoms with Gasteiger partial charge in [-0.3, -0.25) is 4.79 Å². The Bertz CT molecular complexity index is 716. The number of nitrogen functional groups attached to an aromatic ring is 1. The molecule has 6 nitrogen and oxygen atoms in total. The quantitative estimate of drug-likeness (QED) is 0.654. The van der Waals surface area contributed by atoms with Crippen molar-refractivity contribution in [3.8, 4) is 0 Å². The van der Waals surface area contributed by atoms with Crippen molar-refractivity contribution >= 4 is 29.0 Å². The Morgan fingerprint density at radius 1 is 1.46 bits per heavy atom. The molecule has 11 heteroatoms. The summed E-state index contributed by atoms with van der Waals surface area (Å²) in [6, 6.07) is 3.96. The molecule has 1 atom stereocenters. The minimum absolute atomic E-state index is 0.0327. The third-order valence-electron chi connectivity index (χ3n) is 3.69. The Morgan fingerprint density at radius 2 is 2.25 bits per heavy atom. The largest absolute Gasteiger partial charge is 0.453 e. The number of aromatic nitrogens is 3. The number of nitrogens with zero attached hydrogens (tertiary/aromatic N) is 4. The summed E-state index contributed by atoms with van der Waals surface area (Å²) in [4.78, 5) is 15.3. The molecule has 1 amide bonds. The second-order valence-corrected chi connectivity index (χ2v) is 7.14. The van der Waals surface area contributed by atoms with E-state index in [-0.39, 0.29) is 22.9 Å². The van der Waals surface area contributed by atoms with Gasteiger partial charge < -0.3 is 10.7 Å². The summed E-state index contributed by atoms with van der Waals surface area (Å²) in [5, 5.41) is 8.27. The highest BCUT2D eigenvalue weighted by atomic mass is 32.2. The van der Waals surface area contributed by atoms with Crippen LogP contribution in [0.3, 0.4) is 0 Å². The molecule has 1 aliphatic rings. The molecule has 2 aromatic rings. The van der Waals surface area contributed by atoms with Crippen LogP contribution in [-0.2, 0) is 11.0 Å². The van der Waals surface area contributed by atoms with E-state index in [1.165, 1.54) is 0 Å². The van der Waals surface area contributed by atoms with Gasteiger partial charge in [-0.25, -0.2) is 4.68 Å². The first kappa shape index (κ1) is 17.1. The maximum absolute atomic E-state index is 12.6. The Morgan fingerprint density at radius 3 is 2.88 bits per heavy atom. The summed E-state index contributed by atoms with van der Waals surface area (Å²) in [5.74, 6) is 3.90. The Balaban J connectivity index is 1.65. The number of halogens is 3. The van der Waals surface area contributed by atoms with Crippen LogP contribution in [-0.4, -0.2) is 38.0 Å². The topological polar surface area (TPSA) is 77.0 Å². The van der Waals surface area contributed by atoms with E-state index in [1.807, 2.05) is 17.5 Å². The maximum atomic E-state index is 12.6. The molecular formula is C13H14F3N5OS2. The van der Waals surface area contributed by atoms with Gasteiger partial charge in [-0.1, -0.05) is 17.8 Å². The standard InChI is InChI=1S/C13H14F3N5OS2/c14-13(15,16)11-18-19-12(21(11)17)24-7-10(22)20-5-1-3-8(20)9-4-2-6-23-9/h2,4,6,8H,1,3,5,7,17H2. The van der Waals surface area contributed by atoms with Gasteiger partial charge in [0.2, 0.25) is 11.1 Å². The molecule has 0 saturated carbocycles. The molecule has 0 aliphatic carbocycles. The van der Waals surface area contributed by atoms with Crippen molar-refractivity contribution in [2.24, 2.45) is 0 Å². The summed E-state index contributed by atoms with van der Waals surface area (Å²) in [7, 11) is 0. The molecule has 1 unspecified atom stereocenters. The van der Waals surface area contributed by atoms with Crippen molar-refractivity contribution < 1.29 is 18.0 Å². The third kappa shape index (κ3) is 3.36. The molecule has 0 spiro atoms. The van der Waals surface area contributed by atoms with E-state index in [1.54, 1.807) is 16.2 Å². The smallest absolute Gasteiger partial charge is 0.335 e. The molecule has 24 heavy (non-hydrogen) atoms. The van der Waals surface area contributed by atoms with Gasteiger partial charge in [0.15, 0.2) is 0 Å². The van der Waals surface area contributed by atoms with E-state index < -0.39 is 12.0 Å². The summed E-state index contributed by atoms with van der Waals surface area (Å²) >= 11 is 2.45. The minimum Gasteiger partial charge on any atom is -0.335 e. The molecule has 0 radical (unpaired) electrons. The monoisotopic (exact) mass is 377 g/mol. The molecule has 3 rings (SSSR count). The van der Waals surface area contributed by atoms with E-state index in [4.69, 9.17) is 5.84 Å². The lowest BCUT2D eigenvalue weighted by molar-refractivity contribution is -0.146. The fourth-order valence-electron chi connectivity index (χ4n) is 2.62. The number of amides is 1. The van der Waals surface area contributed by atoms with Crippen molar-refractivity contribution in [2.45, 2.75) is 30.2 Å². The van der Waals surface area contributed by atoms with Gasteiger partial charge in [0.25, 0.3) is 5.82 Å². The van der Waals surface area contributed by atoms with Crippen molar-refractivity contribution in [2.75, 3.05) is 18.1 Å². The number of hydrogen-bond acceptors (Lipinski definition) is 6. The van der Waals surface area contributed by atoms with Gasteiger partial charge in [-0.15, -0.1) is 21.5 Å². The molecular weight excluding hydrogens is 363 g/mol. The molecule has 130 valence electrons. The predicted molar refractivity (Wildman–Crippen MR) is 83.9 cm³/mol. The number of alkyl halides is 3. The Hall–Kier alpha value is -1.75. The lowest BCUT2D eigenvalue weighted by atomic mass is 10.2. The molecule has 1 aliphatic heterocycles. The van der Waals surface area contributed by atoms with Crippen LogP contribution in [0.1, 0.15) is 29.6 Å². The Labute approximate surface area is 143 Å². The SMILES string of the molecule is Nn1c(SCC(=O)N2CCCC2c2cccs2)nnc1C(F)(F)F. The van der Waals surface area contributed by atoms with Gasteiger partial charge in [0.05, 0.1) is 11.8 Å². The number of thioether (sulfide) groups is 1. The molecule has 3 heterocycles. The van der Waals surface area contributed by atoms with Gasteiger partial charge in [0.1, 0.15) is 0 Å². The van der Waals surface area contributed by atoms with Crippen LogP contribution in [0.2, 0.25) is 0 Å². The summed E-state index contributed by atoms with van der Waals surface area (Å²) in [6.45, 7) is 0.644. The van der Waals surface area contributed by atoms with E-state index in [0.717, 1.165) is 29.5 Å². The number of carbonyl (C=O) groups is 1. The van der Waals surface area contributed by atoms with Crippen molar-refractivity contribution in [3.63, 3.8) is 0 Å². The molecule has 0 bridgehead atoms. The Kier molecular flexibility index (Phi) is 4.72. The fraction of sp³-hybridized carbons (Fsp3) is 0.462. The molecule has 2 aromatic heterocycles. The summed E-state index contributed by atoms with van der Waals surface area (Å²) in [6.07, 6.45) is -2.88. The first-order valence-electron chi connectivity index (χ1n) is 7.11. The number of rotatable bonds is 4. The van der Waals surface area contributed by atoms with Crippen LogP contribution < -0.4 is 5.84 Å². The summed E-state index contributed by atoms with van der Waals surface area (Å²) in [5.41, 5.74) is 0. The minimum atomic E-state index is -4.68. The van der Waals surface area contributed by atoms with Crippen LogP contribution in [0.5, 0.6) is 0 Å². The van der Waals surface area contributed by atoms with Gasteiger partial charge in [-0.05, 0) is 24.3 Å². The highest BCUT2D eigenvalue weighted by molar-refractivity contribution is 7.99. The molecule has 1 fully saturated rings. The van der Waals surface area contributed by atoms with E-state index >= 15 is 0 Å². The number of hydrogen-bond donors (Lipinski definition) is 1. The zero-order valence-corrected chi connectivity index (χ0v) is 14.0. The number of thiophene rings is 1. The normalized spacial score (nSPS) is 18.3. The summed E-state index contributed by atoms with van der Waals surface area (Å²) < 4.78 is 38.3. The molecule has 2 N–H and O–H groups in total. The third-order valence-corrected chi connectivity index (χ3v) is 5.59. The van der Waals surface area contributed by atoms with Crippen LogP contribution in [0.4, 0.5) is 13.2 Å². The van der Waals surface area contributed by atoms with Gasteiger partial charge in [0, 0.05) is 11.4 Å². The average molecular weight is 377 g/mol. The zero-order chi connectivity index (χ0) is 17.3. The van der Waals surface area contributed by atoms with Crippen molar-refractivity contribution in [1.29, 1.82) is 0 Å². The number of nitrogens with two attached hydrogens (primary N) is 1. The van der Waals surface area contributed by atoms with E-state index in [0.29, 0.717) is 11.2 Å². The second kappa shape index (κ2) is 6.63. The van der Waals surface area contributed by atoms with Crippen LogP contribution >= 0.6 is 23.1 Å². The van der Waals surface area contributed by atoms with E-state index in [9.17, 15) is 18.0 Å². The lowest BCUT2D eigenvalue weighted by Crippen LogP contribution is -2.31. The van der Waals surface area contributed by atoms with E-state index in [2.05, 4.69) is 10.2 Å². The second-order valence-electron chi connectivity index (χ2n) is 5.22. The fourth-order valence-corrected chi connectivity index (χ4v) is 4.24. The molecule has 0 aromatic carbocycles. The van der Waals surface area contributed by atoms with Crippen molar-refractivity contribution in [3.05, 3.63) is 28.2 Å². The maximum Gasteiger partial charge on any atom is 0.453 e. The van der Waals surface area contributed by atoms with Crippen LogP contribution in [0.25, 0.3) is 0 Å². The van der Waals surface area contributed by atoms with Gasteiger partial charge >= 0.3 is 6.18 Å². The van der Waals surface area contributed by atoms with Crippen LogP contribution in [0, 0.1) is 0 Å². The van der Waals surface area contributed by atoms with Gasteiger partial charge in [-0.2, -0.15) is 13.2 Å². The number of carbonyl (C=O) groups excluding carboxylic acids is 1. The van der Waals surface area contributed by atoms with Crippen LogP contribution in [0.15, 0.2) is 22.7 Å². The molecule has 1 saturated heterocycles. The predicted octanol–water partition coefficient (Wildman–Crippen LogP) is 2.53. The zero-order valence-electron chi connectivity index (χ0n) is 12.4. The van der Waals surface area contributed by atoms with Crippen molar-refractivity contribution in [1.82, 2.24) is 19.8 Å².